The average molecular weight is 491 g/mol. The van der Waals surface area contributed by atoms with Crippen LogP contribution < -0.4 is 4.74 Å². The van der Waals surface area contributed by atoms with E-state index in [1.165, 1.54) is 11.3 Å². The molecular weight excluding hydrogens is 476 g/mol. The Labute approximate surface area is 215 Å². The normalized spacial score (nSPS) is 11.4. The minimum Gasteiger partial charge on any atom is -0.452 e. The van der Waals surface area contributed by atoms with Crippen LogP contribution in [0.15, 0.2) is 84.9 Å². The molecule has 170 valence electrons. The molecule has 2 aromatic heterocycles. The zero-order valence-corrected chi connectivity index (χ0v) is 20.0. The summed E-state index contributed by atoms with van der Waals surface area (Å²) >= 11 is 1.51. The van der Waals surface area contributed by atoms with E-state index in [2.05, 4.69) is 41.0 Å². The summed E-state index contributed by atoms with van der Waals surface area (Å²) in [6.07, 6.45) is 0. The Morgan fingerprint density at radius 2 is 1.46 bits per heavy atom. The first-order valence-electron chi connectivity index (χ1n) is 11.5. The molecule has 0 spiro atoms. The molecule has 0 saturated heterocycles. The van der Waals surface area contributed by atoms with Gasteiger partial charge in [0.05, 0.1) is 27.7 Å². The van der Waals surface area contributed by atoms with Crippen LogP contribution in [0.4, 0.5) is 0 Å². The van der Waals surface area contributed by atoms with E-state index in [0.29, 0.717) is 11.3 Å². The summed E-state index contributed by atoms with van der Waals surface area (Å²) in [5.41, 5.74) is 4.76. The minimum absolute atomic E-state index is 0.0871. The lowest BCUT2D eigenvalue weighted by Gasteiger charge is -2.17. The van der Waals surface area contributed by atoms with Crippen molar-refractivity contribution in [2.24, 2.45) is 0 Å². The number of ether oxygens (including phenoxy) is 1. The van der Waals surface area contributed by atoms with Crippen molar-refractivity contribution < 1.29 is 4.74 Å². The Kier molecular flexibility index (Phi) is 4.44. The first kappa shape index (κ1) is 21.0. The number of hydrogen-bond acceptors (Lipinski definition) is 5. The largest absolute Gasteiger partial charge is 0.452 e. The lowest BCUT2D eigenvalue weighted by atomic mass is 9.89. The van der Waals surface area contributed by atoms with Crippen LogP contribution in [0.3, 0.4) is 0 Å². The molecule has 3 heterocycles. The lowest BCUT2D eigenvalue weighted by Crippen LogP contribution is -2.00. The molecule has 1 aliphatic rings. The minimum atomic E-state index is 0.0871. The fraction of sp³-hybridized carbons (Fsp3) is 0. The summed E-state index contributed by atoms with van der Waals surface area (Å²) in [5, 5.41) is 33.0. The molecule has 4 aromatic carbocycles. The van der Waals surface area contributed by atoms with Crippen molar-refractivity contribution in [2.45, 2.75) is 0 Å². The lowest BCUT2D eigenvalue weighted by molar-refractivity contribution is 0.480. The van der Waals surface area contributed by atoms with Gasteiger partial charge in [-0.3, -0.25) is 4.57 Å². The SMILES string of the molecule is N#Cc1cc(-c2ccccc2)c(-c2cc3c(s2)-n2c4ccccc4c4cccc(c42)O3)c(C#N)c1C#N. The van der Waals surface area contributed by atoms with Crippen LogP contribution in [0.2, 0.25) is 0 Å². The molecule has 37 heavy (non-hydrogen) atoms. The highest BCUT2D eigenvalue weighted by molar-refractivity contribution is 7.18. The standard InChI is InChI=1S/C31H14N4OS/c32-15-19-13-22(18-7-2-1-3-8-18)29(24(17-34)23(19)16-33)28-14-27-31(37-28)35-25-11-5-4-9-20(25)21-10-6-12-26(36-27)30(21)35/h1-14H. The van der Waals surface area contributed by atoms with Gasteiger partial charge in [-0.15, -0.1) is 11.3 Å². The van der Waals surface area contributed by atoms with Crippen molar-refractivity contribution in [3.63, 3.8) is 0 Å². The van der Waals surface area contributed by atoms with Gasteiger partial charge < -0.3 is 4.74 Å². The Bertz CT molecular complexity index is 2050. The van der Waals surface area contributed by atoms with E-state index in [1.807, 2.05) is 60.7 Å². The third kappa shape index (κ3) is 2.87. The summed E-state index contributed by atoms with van der Waals surface area (Å²) in [4.78, 5) is 0.792. The van der Waals surface area contributed by atoms with Gasteiger partial charge in [0, 0.05) is 27.3 Å². The molecule has 6 aromatic rings. The number of rotatable bonds is 2. The molecular formula is C31H14N4OS. The topological polar surface area (TPSA) is 85.5 Å². The second-order valence-electron chi connectivity index (χ2n) is 8.69. The Hall–Kier alpha value is -5.35. The van der Waals surface area contributed by atoms with Gasteiger partial charge in [0.2, 0.25) is 0 Å². The van der Waals surface area contributed by atoms with Crippen molar-refractivity contribution in [3.8, 4) is 56.3 Å². The van der Waals surface area contributed by atoms with Gasteiger partial charge in [-0.1, -0.05) is 60.7 Å². The molecule has 0 unspecified atom stereocenters. The molecule has 6 heteroatoms. The number of aromatic nitrogens is 1. The van der Waals surface area contributed by atoms with E-state index in [-0.39, 0.29) is 16.7 Å². The van der Waals surface area contributed by atoms with Crippen molar-refractivity contribution >= 4 is 33.1 Å². The van der Waals surface area contributed by atoms with Crippen molar-refractivity contribution in [3.05, 3.63) is 102 Å². The molecule has 1 aliphatic heterocycles. The quantitative estimate of drug-likeness (QED) is 0.246. The highest BCUT2D eigenvalue weighted by Crippen LogP contribution is 2.52. The predicted octanol–water partition coefficient (Wildman–Crippen LogP) is 7.90. The highest BCUT2D eigenvalue weighted by Gasteiger charge is 2.29. The van der Waals surface area contributed by atoms with Crippen molar-refractivity contribution in [1.82, 2.24) is 4.57 Å². The molecule has 0 amide bonds. The molecule has 0 bridgehead atoms. The van der Waals surface area contributed by atoms with Crippen LogP contribution in [0, 0.1) is 34.0 Å². The summed E-state index contributed by atoms with van der Waals surface area (Å²) in [5.74, 6) is 1.46. The van der Waals surface area contributed by atoms with Gasteiger partial charge >= 0.3 is 0 Å². The molecule has 0 N–H and O–H groups in total. The van der Waals surface area contributed by atoms with E-state index in [9.17, 15) is 15.8 Å². The average Bonchev–Trinajstić information content (AvgIpc) is 3.52. The van der Waals surface area contributed by atoms with Crippen molar-refractivity contribution in [1.29, 1.82) is 15.8 Å². The fourth-order valence-electron chi connectivity index (χ4n) is 5.22. The molecule has 0 atom stereocenters. The maximum Gasteiger partial charge on any atom is 0.163 e. The van der Waals surface area contributed by atoms with Crippen LogP contribution in [0.25, 0.3) is 48.4 Å². The number of benzene rings is 4. The monoisotopic (exact) mass is 490 g/mol. The summed E-state index contributed by atoms with van der Waals surface area (Å²) < 4.78 is 8.61. The summed E-state index contributed by atoms with van der Waals surface area (Å²) in [7, 11) is 0. The van der Waals surface area contributed by atoms with E-state index in [0.717, 1.165) is 48.6 Å². The van der Waals surface area contributed by atoms with Crippen molar-refractivity contribution in [2.75, 3.05) is 0 Å². The number of para-hydroxylation sites is 2. The number of nitriles is 3. The Morgan fingerprint density at radius 3 is 2.24 bits per heavy atom. The number of nitrogens with zero attached hydrogens (tertiary/aromatic N) is 4. The molecule has 0 radical (unpaired) electrons. The van der Waals surface area contributed by atoms with E-state index >= 15 is 0 Å². The maximum absolute atomic E-state index is 10.2. The maximum atomic E-state index is 10.2. The van der Waals surface area contributed by atoms with Gasteiger partial charge in [-0.05, 0) is 29.3 Å². The predicted molar refractivity (Wildman–Crippen MR) is 144 cm³/mol. The molecule has 7 rings (SSSR count). The van der Waals surface area contributed by atoms with Gasteiger partial charge in [0.25, 0.3) is 0 Å². The Balaban J connectivity index is 1.57. The zero-order valence-electron chi connectivity index (χ0n) is 19.2. The molecule has 5 nitrogen and oxygen atoms in total. The number of hydrogen-bond donors (Lipinski definition) is 0. The van der Waals surface area contributed by atoms with Crippen LogP contribution in [0.5, 0.6) is 11.5 Å². The van der Waals surface area contributed by atoms with E-state index in [1.54, 1.807) is 6.07 Å². The first-order valence-corrected chi connectivity index (χ1v) is 12.4. The second-order valence-corrected chi connectivity index (χ2v) is 9.72. The smallest absolute Gasteiger partial charge is 0.163 e. The molecule has 0 aliphatic carbocycles. The molecule has 0 saturated carbocycles. The molecule has 0 fully saturated rings. The van der Waals surface area contributed by atoms with Gasteiger partial charge in [-0.25, -0.2) is 0 Å². The summed E-state index contributed by atoms with van der Waals surface area (Å²) in [6.45, 7) is 0. The first-order chi connectivity index (χ1) is 18.2. The third-order valence-corrected chi connectivity index (χ3v) is 7.88. The highest BCUT2D eigenvalue weighted by atomic mass is 32.1. The summed E-state index contributed by atoms with van der Waals surface area (Å²) in [6, 6.07) is 34.0. The van der Waals surface area contributed by atoms with Crippen LogP contribution in [-0.4, -0.2) is 4.57 Å². The third-order valence-electron chi connectivity index (χ3n) is 6.76. The van der Waals surface area contributed by atoms with Gasteiger partial charge in [0.1, 0.15) is 23.2 Å². The van der Waals surface area contributed by atoms with Gasteiger partial charge in [-0.2, -0.15) is 15.8 Å². The van der Waals surface area contributed by atoms with Crippen LogP contribution in [-0.2, 0) is 0 Å². The number of thiophene rings is 1. The second kappa shape index (κ2) is 7.83. The van der Waals surface area contributed by atoms with Gasteiger partial charge in [0.15, 0.2) is 11.5 Å². The van der Waals surface area contributed by atoms with Crippen LogP contribution >= 0.6 is 11.3 Å². The number of fused-ring (bicyclic) bond motifs is 5. The van der Waals surface area contributed by atoms with Crippen LogP contribution in [0.1, 0.15) is 16.7 Å². The zero-order chi connectivity index (χ0) is 25.1. The van der Waals surface area contributed by atoms with E-state index in [4.69, 9.17) is 4.74 Å². The Morgan fingerprint density at radius 1 is 0.703 bits per heavy atom. The van der Waals surface area contributed by atoms with E-state index < -0.39 is 0 Å². The fourth-order valence-corrected chi connectivity index (χ4v) is 6.39.